The van der Waals surface area contributed by atoms with Gasteiger partial charge < -0.3 is 20.0 Å². The summed E-state index contributed by atoms with van der Waals surface area (Å²) >= 11 is 0. The minimum absolute atomic E-state index is 0.00683. The van der Waals surface area contributed by atoms with Gasteiger partial charge in [0.2, 0.25) is 17.7 Å². The highest BCUT2D eigenvalue weighted by atomic mass is 16.3. The number of carbonyl (C=O) groups is 3. The van der Waals surface area contributed by atoms with Gasteiger partial charge in [0.1, 0.15) is 12.3 Å². The number of carbonyl (C=O) groups excluding carboxylic acids is 3. The van der Waals surface area contributed by atoms with Crippen molar-refractivity contribution in [3.63, 3.8) is 0 Å². The van der Waals surface area contributed by atoms with E-state index in [1.54, 1.807) is 24.5 Å². The summed E-state index contributed by atoms with van der Waals surface area (Å²) in [5.74, 6) is 0.182. The summed E-state index contributed by atoms with van der Waals surface area (Å²) in [5, 5.41) is 5.73. The Kier molecular flexibility index (Phi) is 6.66. The zero-order chi connectivity index (χ0) is 21.6. The Labute approximate surface area is 181 Å². The van der Waals surface area contributed by atoms with Crippen molar-refractivity contribution in [3.05, 3.63) is 48.4 Å². The van der Waals surface area contributed by atoms with Gasteiger partial charge in [-0.3, -0.25) is 19.3 Å². The first kappa shape index (κ1) is 21.1. The lowest BCUT2D eigenvalue weighted by atomic mass is 10.1. The Morgan fingerprint density at radius 3 is 2.65 bits per heavy atom. The fourth-order valence-corrected chi connectivity index (χ4v) is 4.23. The van der Waals surface area contributed by atoms with Gasteiger partial charge in [0, 0.05) is 19.4 Å². The van der Waals surface area contributed by atoms with Gasteiger partial charge in [-0.15, -0.1) is 0 Å². The van der Waals surface area contributed by atoms with Crippen LogP contribution in [0.5, 0.6) is 0 Å². The first-order valence-corrected chi connectivity index (χ1v) is 10.9. The van der Waals surface area contributed by atoms with Crippen LogP contribution in [0.4, 0.5) is 11.4 Å². The minimum atomic E-state index is -0.240. The van der Waals surface area contributed by atoms with Crippen LogP contribution in [0.3, 0.4) is 0 Å². The number of nitrogens with zero attached hydrogens (tertiary/aromatic N) is 2. The molecule has 2 aliphatic rings. The van der Waals surface area contributed by atoms with Crippen molar-refractivity contribution < 1.29 is 18.8 Å². The van der Waals surface area contributed by atoms with E-state index in [-0.39, 0.29) is 43.1 Å². The number of nitrogens with one attached hydrogen (secondary N) is 2. The molecule has 1 aromatic carbocycles. The molecule has 4 rings (SSSR count). The monoisotopic (exact) mass is 424 g/mol. The Bertz CT molecular complexity index is 921. The van der Waals surface area contributed by atoms with Crippen molar-refractivity contribution in [2.75, 3.05) is 36.4 Å². The molecular weight excluding hydrogens is 396 g/mol. The van der Waals surface area contributed by atoms with E-state index in [0.717, 1.165) is 31.7 Å². The highest BCUT2D eigenvalue weighted by Gasteiger charge is 2.28. The van der Waals surface area contributed by atoms with E-state index in [9.17, 15) is 14.4 Å². The van der Waals surface area contributed by atoms with Crippen molar-refractivity contribution in [3.8, 4) is 0 Å². The van der Waals surface area contributed by atoms with Gasteiger partial charge in [-0.05, 0) is 50.2 Å². The van der Waals surface area contributed by atoms with Crippen molar-refractivity contribution in [2.24, 2.45) is 0 Å². The second kappa shape index (κ2) is 9.78. The van der Waals surface area contributed by atoms with Crippen LogP contribution in [0.2, 0.25) is 0 Å². The Balaban J connectivity index is 1.31. The number of hydrogen-bond donors (Lipinski definition) is 2. The molecule has 2 N–H and O–H groups in total. The average molecular weight is 425 g/mol. The second-order valence-electron chi connectivity index (χ2n) is 7.98. The molecule has 31 heavy (non-hydrogen) atoms. The first-order chi connectivity index (χ1) is 15.1. The maximum absolute atomic E-state index is 12.7. The molecule has 1 unspecified atom stereocenters. The van der Waals surface area contributed by atoms with Gasteiger partial charge in [-0.2, -0.15) is 0 Å². The number of fused-ring (bicyclic) bond motifs is 1. The number of likely N-dealkylation sites (tertiary alicyclic amines) is 1. The molecule has 1 fully saturated rings. The minimum Gasteiger partial charge on any atom is -0.468 e. The molecule has 0 radical (unpaired) electrons. The maximum atomic E-state index is 12.7. The normalized spacial score (nSPS) is 17.5. The number of para-hydroxylation sites is 2. The van der Waals surface area contributed by atoms with Crippen LogP contribution in [0.25, 0.3) is 0 Å². The number of benzene rings is 1. The predicted molar refractivity (Wildman–Crippen MR) is 117 cm³/mol. The molecule has 0 saturated carbocycles. The first-order valence-electron chi connectivity index (χ1n) is 10.9. The number of anilines is 2. The van der Waals surface area contributed by atoms with Gasteiger partial charge >= 0.3 is 0 Å². The zero-order valence-corrected chi connectivity index (χ0v) is 17.5. The Hall–Kier alpha value is -3.13. The lowest BCUT2D eigenvalue weighted by Gasteiger charge is -2.33. The van der Waals surface area contributed by atoms with E-state index in [4.69, 9.17) is 4.42 Å². The highest BCUT2D eigenvalue weighted by molar-refractivity contribution is 6.10. The molecule has 8 heteroatoms. The Morgan fingerprint density at radius 1 is 1.06 bits per heavy atom. The summed E-state index contributed by atoms with van der Waals surface area (Å²) in [4.78, 5) is 40.9. The molecule has 164 valence electrons. The van der Waals surface area contributed by atoms with E-state index in [1.165, 1.54) is 11.3 Å². The van der Waals surface area contributed by atoms with Crippen LogP contribution >= 0.6 is 0 Å². The maximum Gasteiger partial charge on any atom is 0.244 e. The van der Waals surface area contributed by atoms with Crippen LogP contribution in [-0.2, 0) is 14.4 Å². The molecule has 1 aromatic heterocycles. The number of amides is 3. The predicted octanol–water partition coefficient (Wildman–Crippen LogP) is 2.69. The standard InChI is InChI=1S/C23H28N4O4/c28-21(24-15-19(20-9-6-14-31-20)26-12-4-1-5-13-26)10-11-23(30)27-16-22(29)25-17-7-2-3-8-18(17)27/h2-3,6-9,14,19H,1,4-5,10-13,15-16H2,(H,24,28)(H,25,29). The third-order valence-electron chi connectivity index (χ3n) is 5.83. The van der Waals surface area contributed by atoms with E-state index >= 15 is 0 Å². The van der Waals surface area contributed by atoms with Crippen LogP contribution in [0.15, 0.2) is 47.1 Å². The van der Waals surface area contributed by atoms with Gasteiger partial charge in [-0.25, -0.2) is 0 Å². The molecule has 3 amide bonds. The van der Waals surface area contributed by atoms with Crippen LogP contribution in [0, 0.1) is 0 Å². The van der Waals surface area contributed by atoms with Crippen molar-refractivity contribution in [1.82, 2.24) is 10.2 Å². The molecule has 0 spiro atoms. The SMILES string of the molecule is O=C(CCC(=O)N1CC(=O)Nc2ccccc21)NCC(c1ccco1)N1CCCCC1. The molecule has 2 aliphatic heterocycles. The number of rotatable bonds is 7. The third-order valence-corrected chi connectivity index (χ3v) is 5.83. The molecule has 0 aliphatic carbocycles. The summed E-state index contributed by atoms with van der Waals surface area (Å²) in [6.45, 7) is 2.37. The van der Waals surface area contributed by atoms with Gasteiger partial charge in [0.15, 0.2) is 0 Å². The third kappa shape index (κ3) is 5.14. The van der Waals surface area contributed by atoms with Crippen molar-refractivity contribution in [1.29, 1.82) is 0 Å². The second-order valence-corrected chi connectivity index (χ2v) is 7.98. The van der Waals surface area contributed by atoms with Gasteiger partial charge in [0.25, 0.3) is 0 Å². The average Bonchev–Trinajstić information content (AvgIpc) is 3.32. The molecule has 3 heterocycles. The fraction of sp³-hybridized carbons (Fsp3) is 0.435. The van der Waals surface area contributed by atoms with Crippen LogP contribution in [0.1, 0.15) is 43.9 Å². The molecule has 0 bridgehead atoms. The molecule has 1 saturated heterocycles. The summed E-state index contributed by atoms with van der Waals surface area (Å²) in [5.41, 5.74) is 1.27. The van der Waals surface area contributed by atoms with Gasteiger partial charge in [0.05, 0.1) is 23.7 Å². The summed E-state index contributed by atoms with van der Waals surface area (Å²) in [7, 11) is 0. The molecular formula is C23H28N4O4. The van der Waals surface area contributed by atoms with E-state index in [2.05, 4.69) is 15.5 Å². The lowest BCUT2D eigenvalue weighted by Crippen LogP contribution is -2.43. The van der Waals surface area contributed by atoms with E-state index in [0.29, 0.717) is 17.9 Å². The number of hydrogen-bond acceptors (Lipinski definition) is 5. The fourth-order valence-electron chi connectivity index (χ4n) is 4.23. The summed E-state index contributed by atoms with van der Waals surface area (Å²) < 4.78 is 5.61. The molecule has 1 atom stereocenters. The molecule has 2 aromatic rings. The van der Waals surface area contributed by atoms with E-state index in [1.807, 2.05) is 18.2 Å². The summed E-state index contributed by atoms with van der Waals surface area (Å²) in [6.07, 6.45) is 5.29. The zero-order valence-electron chi connectivity index (χ0n) is 17.5. The largest absolute Gasteiger partial charge is 0.468 e. The summed E-state index contributed by atoms with van der Waals surface area (Å²) in [6, 6.07) is 11.0. The highest BCUT2D eigenvalue weighted by Crippen LogP contribution is 2.29. The lowest BCUT2D eigenvalue weighted by molar-refractivity contribution is -0.126. The number of furan rings is 1. The smallest absolute Gasteiger partial charge is 0.244 e. The van der Waals surface area contributed by atoms with Crippen molar-refractivity contribution >= 4 is 29.1 Å². The number of piperidine rings is 1. The van der Waals surface area contributed by atoms with Crippen molar-refractivity contribution in [2.45, 2.75) is 38.1 Å². The van der Waals surface area contributed by atoms with Crippen LogP contribution < -0.4 is 15.5 Å². The topological polar surface area (TPSA) is 94.9 Å². The van der Waals surface area contributed by atoms with E-state index < -0.39 is 0 Å². The van der Waals surface area contributed by atoms with Gasteiger partial charge in [-0.1, -0.05) is 18.6 Å². The quantitative estimate of drug-likeness (QED) is 0.713. The Morgan fingerprint density at radius 2 is 1.87 bits per heavy atom. The molecule has 8 nitrogen and oxygen atoms in total. The van der Waals surface area contributed by atoms with Crippen LogP contribution in [-0.4, -0.2) is 48.8 Å².